The Balaban J connectivity index is 1.55. The summed E-state index contributed by atoms with van der Waals surface area (Å²) in [6.07, 6.45) is 2.07. The number of fused-ring (bicyclic) bond motifs is 1. The van der Waals surface area contributed by atoms with E-state index in [0.29, 0.717) is 26.2 Å². The molecule has 1 aromatic carbocycles. The molecule has 2 aliphatic heterocycles. The van der Waals surface area contributed by atoms with Crippen molar-refractivity contribution in [3.63, 3.8) is 0 Å². The van der Waals surface area contributed by atoms with Crippen molar-refractivity contribution >= 4 is 17.5 Å². The zero-order chi connectivity index (χ0) is 16.9. The third-order valence-corrected chi connectivity index (χ3v) is 4.82. The molecule has 1 aromatic rings. The topological polar surface area (TPSA) is 55.9 Å². The number of hydrogen-bond donors (Lipinski definition) is 1. The molecule has 1 N–H and O–H groups in total. The zero-order valence-electron chi connectivity index (χ0n) is 14.3. The molecule has 0 radical (unpaired) electrons. The fourth-order valence-corrected chi connectivity index (χ4v) is 3.49. The molecule has 2 heterocycles. The van der Waals surface area contributed by atoms with E-state index in [1.807, 2.05) is 28.0 Å². The molecular formula is C18H26N4O2. The van der Waals surface area contributed by atoms with Gasteiger partial charge in [0.25, 0.3) is 0 Å². The van der Waals surface area contributed by atoms with Gasteiger partial charge < -0.3 is 15.1 Å². The number of nitrogens with one attached hydrogen (secondary N) is 1. The molecule has 1 fully saturated rings. The molecule has 0 aliphatic carbocycles. The van der Waals surface area contributed by atoms with E-state index in [4.69, 9.17) is 0 Å². The van der Waals surface area contributed by atoms with E-state index < -0.39 is 0 Å². The van der Waals surface area contributed by atoms with Gasteiger partial charge in [-0.1, -0.05) is 18.2 Å². The molecule has 2 amide bonds. The Morgan fingerprint density at radius 1 is 1.04 bits per heavy atom. The molecule has 130 valence electrons. The van der Waals surface area contributed by atoms with Crippen LogP contribution in [0.4, 0.5) is 5.69 Å². The van der Waals surface area contributed by atoms with Gasteiger partial charge in [0.15, 0.2) is 0 Å². The van der Waals surface area contributed by atoms with E-state index in [9.17, 15) is 9.59 Å². The highest BCUT2D eigenvalue weighted by atomic mass is 16.2. The average molecular weight is 330 g/mol. The number of nitrogens with zero attached hydrogens (tertiary/aromatic N) is 3. The summed E-state index contributed by atoms with van der Waals surface area (Å²) >= 11 is 0. The Bertz CT molecular complexity index is 596. The summed E-state index contributed by atoms with van der Waals surface area (Å²) in [7, 11) is 1.78. The van der Waals surface area contributed by atoms with Gasteiger partial charge in [0, 0.05) is 38.4 Å². The highest BCUT2D eigenvalue weighted by Crippen LogP contribution is 2.26. The summed E-state index contributed by atoms with van der Waals surface area (Å²) in [5.41, 5.74) is 2.33. The number of carbonyl (C=O) groups is 2. The molecule has 6 heteroatoms. The van der Waals surface area contributed by atoms with Crippen LogP contribution in [0.15, 0.2) is 24.3 Å². The predicted octanol–water partition coefficient (Wildman–Crippen LogP) is 0.329. The number of amides is 2. The summed E-state index contributed by atoms with van der Waals surface area (Å²) in [6, 6.07) is 8.19. The molecule has 0 saturated carbocycles. The van der Waals surface area contributed by atoms with E-state index in [1.165, 1.54) is 5.56 Å². The van der Waals surface area contributed by atoms with Gasteiger partial charge in [-0.3, -0.25) is 14.5 Å². The van der Waals surface area contributed by atoms with E-state index in [0.717, 1.165) is 38.2 Å². The minimum absolute atomic E-state index is 0.133. The number of piperazine rings is 1. The van der Waals surface area contributed by atoms with E-state index in [2.05, 4.69) is 16.3 Å². The molecule has 0 spiro atoms. The Hall–Kier alpha value is -1.92. The largest absolute Gasteiger partial charge is 0.339 e. The van der Waals surface area contributed by atoms with Crippen molar-refractivity contribution in [3.05, 3.63) is 29.8 Å². The molecule has 3 rings (SSSR count). The minimum Gasteiger partial charge on any atom is -0.339 e. The first-order valence-corrected chi connectivity index (χ1v) is 8.72. The van der Waals surface area contributed by atoms with Gasteiger partial charge in [-0.2, -0.15) is 0 Å². The summed E-state index contributed by atoms with van der Waals surface area (Å²) in [5, 5.41) is 2.90. The van der Waals surface area contributed by atoms with E-state index in [1.54, 1.807) is 7.05 Å². The lowest BCUT2D eigenvalue weighted by molar-refractivity contribution is -0.132. The number of carbonyl (C=O) groups excluding carboxylic acids is 2. The number of rotatable bonds is 4. The number of aryl methyl sites for hydroxylation is 1. The molecule has 0 aromatic heterocycles. The van der Waals surface area contributed by atoms with Gasteiger partial charge in [-0.25, -0.2) is 0 Å². The fourth-order valence-electron chi connectivity index (χ4n) is 3.49. The average Bonchev–Trinajstić information content (AvgIpc) is 2.62. The second-order valence-electron chi connectivity index (χ2n) is 6.46. The van der Waals surface area contributed by atoms with Crippen molar-refractivity contribution in [3.8, 4) is 0 Å². The first kappa shape index (κ1) is 16.9. The molecule has 6 nitrogen and oxygen atoms in total. The van der Waals surface area contributed by atoms with Crippen LogP contribution >= 0.6 is 0 Å². The first-order chi connectivity index (χ1) is 11.7. The quantitative estimate of drug-likeness (QED) is 0.864. The van der Waals surface area contributed by atoms with Crippen molar-refractivity contribution < 1.29 is 9.59 Å². The summed E-state index contributed by atoms with van der Waals surface area (Å²) in [6.45, 7) is 4.53. The van der Waals surface area contributed by atoms with Crippen LogP contribution in [0.1, 0.15) is 12.0 Å². The van der Waals surface area contributed by atoms with Gasteiger partial charge in [-0.15, -0.1) is 0 Å². The maximum absolute atomic E-state index is 12.7. The van der Waals surface area contributed by atoms with Crippen molar-refractivity contribution in [1.29, 1.82) is 0 Å². The Morgan fingerprint density at radius 2 is 1.79 bits per heavy atom. The monoisotopic (exact) mass is 330 g/mol. The Labute approximate surface area is 143 Å². The third-order valence-electron chi connectivity index (χ3n) is 4.82. The van der Waals surface area contributed by atoms with E-state index >= 15 is 0 Å². The lowest BCUT2D eigenvalue weighted by Crippen LogP contribution is -2.53. The van der Waals surface area contributed by atoms with Crippen LogP contribution in [0.25, 0.3) is 0 Å². The number of anilines is 1. The second-order valence-corrected chi connectivity index (χ2v) is 6.46. The molecule has 2 aliphatic rings. The first-order valence-electron chi connectivity index (χ1n) is 8.72. The molecule has 0 atom stereocenters. The van der Waals surface area contributed by atoms with Gasteiger partial charge in [0.05, 0.1) is 13.1 Å². The SMILES string of the molecule is CNCC(=O)N1CCN(CC(=O)N2CCCc3ccccc32)CC1. The smallest absolute Gasteiger partial charge is 0.241 e. The maximum atomic E-state index is 12.7. The lowest BCUT2D eigenvalue weighted by Gasteiger charge is -2.36. The number of para-hydroxylation sites is 1. The van der Waals surface area contributed by atoms with Crippen molar-refractivity contribution in [2.45, 2.75) is 12.8 Å². The van der Waals surface area contributed by atoms with Crippen LogP contribution in [-0.2, 0) is 16.0 Å². The van der Waals surface area contributed by atoms with Crippen LogP contribution in [0, 0.1) is 0 Å². The number of likely N-dealkylation sites (N-methyl/N-ethyl adjacent to an activating group) is 1. The van der Waals surface area contributed by atoms with Crippen molar-refractivity contribution in [1.82, 2.24) is 15.1 Å². The predicted molar refractivity (Wildman–Crippen MR) is 94.1 cm³/mol. The lowest BCUT2D eigenvalue weighted by atomic mass is 10.0. The van der Waals surface area contributed by atoms with Crippen LogP contribution in [0.2, 0.25) is 0 Å². The standard InChI is InChI=1S/C18H26N4O2/c1-19-13-17(23)21-11-9-20(10-12-21)14-18(24)22-8-4-6-15-5-2-3-7-16(15)22/h2-3,5,7,19H,4,6,8-14H2,1H3. The molecular weight excluding hydrogens is 304 g/mol. The van der Waals surface area contributed by atoms with Gasteiger partial charge in [0.1, 0.15) is 0 Å². The molecule has 24 heavy (non-hydrogen) atoms. The van der Waals surface area contributed by atoms with E-state index in [-0.39, 0.29) is 11.8 Å². The minimum atomic E-state index is 0.133. The normalized spacial score (nSPS) is 18.4. The van der Waals surface area contributed by atoms with Crippen LogP contribution in [-0.4, -0.2) is 74.5 Å². The van der Waals surface area contributed by atoms with Crippen LogP contribution in [0.3, 0.4) is 0 Å². The van der Waals surface area contributed by atoms with Crippen molar-refractivity contribution in [2.24, 2.45) is 0 Å². The summed E-state index contributed by atoms with van der Waals surface area (Å²) < 4.78 is 0. The van der Waals surface area contributed by atoms with Crippen LogP contribution < -0.4 is 10.2 Å². The maximum Gasteiger partial charge on any atom is 0.241 e. The fraction of sp³-hybridized carbons (Fsp3) is 0.556. The summed E-state index contributed by atoms with van der Waals surface area (Å²) in [5.74, 6) is 0.297. The highest BCUT2D eigenvalue weighted by molar-refractivity contribution is 5.96. The molecule has 0 unspecified atom stereocenters. The third kappa shape index (κ3) is 3.76. The van der Waals surface area contributed by atoms with Crippen LogP contribution in [0.5, 0.6) is 0 Å². The number of hydrogen-bond acceptors (Lipinski definition) is 4. The second kappa shape index (κ2) is 7.77. The Morgan fingerprint density at radius 3 is 2.54 bits per heavy atom. The Kier molecular flexibility index (Phi) is 5.48. The number of benzene rings is 1. The highest BCUT2D eigenvalue weighted by Gasteiger charge is 2.26. The van der Waals surface area contributed by atoms with Gasteiger partial charge in [0.2, 0.25) is 11.8 Å². The molecule has 1 saturated heterocycles. The van der Waals surface area contributed by atoms with Crippen molar-refractivity contribution in [2.75, 3.05) is 57.8 Å². The zero-order valence-corrected chi connectivity index (χ0v) is 14.3. The van der Waals surface area contributed by atoms with Gasteiger partial charge >= 0.3 is 0 Å². The molecule has 0 bridgehead atoms. The van der Waals surface area contributed by atoms with Gasteiger partial charge in [-0.05, 0) is 31.5 Å². The summed E-state index contributed by atoms with van der Waals surface area (Å²) in [4.78, 5) is 30.6.